The molecule has 0 unspecified atom stereocenters. The number of H-pyrrole nitrogens is 1. The molecule has 26 heavy (non-hydrogen) atoms. The molecule has 1 aromatic heterocycles. The summed E-state index contributed by atoms with van der Waals surface area (Å²) in [6, 6.07) is 7.68. The first-order chi connectivity index (χ1) is 12.7. The second kappa shape index (κ2) is 7.74. The van der Waals surface area contributed by atoms with E-state index < -0.39 is 0 Å². The van der Waals surface area contributed by atoms with E-state index in [-0.39, 0.29) is 23.9 Å². The number of aromatic nitrogens is 1. The van der Waals surface area contributed by atoms with Crippen molar-refractivity contribution in [2.45, 2.75) is 50.6 Å². The fourth-order valence-corrected chi connectivity index (χ4v) is 5.14. The van der Waals surface area contributed by atoms with E-state index in [1.54, 1.807) is 22.9 Å². The van der Waals surface area contributed by atoms with Gasteiger partial charge in [0.1, 0.15) is 6.04 Å². The van der Waals surface area contributed by atoms with Crippen molar-refractivity contribution in [3.8, 4) is 0 Å². The summed E-state index contributed by atoms with van der Waals surface area (Å²) in [6.45, 7) is 0. The molecule has 5 nitrogen and oxygen atoms in total. The van der Waals surface area contributed by atoms with Crippen LogP contribution in [0.5, 0.6) is 0 Å². The minimum absolute atomic E-state index is 0.00934. The number of rotatable bonds is 3. The summed E-state index contributed by atoms with van der Waals surface area (Å²) in [4.78, 5) is 30.8. The van der Waals surface area contributed by atoms with Gasteiger partial charge in [0.05, 0.1) is 11.4 Å². The van der Waals surface area contributed by atoms with Gasteiger partial charge >= 0.3 is 0 Å². The highest BCUT2D eigenvalue weighted by Crippen LogP contribution is 2.27. The van der Waals surface area contributed by atoms with Gasteiger partial charge in [0.2, 0.25) is 5.91 Å². The van der Waals surface area contributed by atoms with E-state index in [1.807, 2.05) is 24.3 Å². The maximum atomic E-state index is 13.1. The quantitative estimate of drug-likeness (QED) is 0.812. The molecule has 1 saturated carbocycles. The van der Waals surface area contributed by atoms with Gasteiger partial charge in [-0.3, -0.25) is 9.59 Å². The number of hydrogen-bond donors (Lipinski definition) is 2. The summed E-state index contributed by atoms with van der Waals surface area (Å²) in [6.07, 6.45) is 8.76. The van der Waals surface area contributed by atoms with Crippen LogP contribution in [0.25, 0.3) is 10.9 Å². The van der Waals surface area contributed by atoms with Crippen LogP contribution >= 0.6 is 11.8 Å². The third kappa shape index (κ3) is 3.47. The monoisotopic (exact) mass is 371 g/mol. The first-order valence-corrected chi connectivity index (χ1v) is 10.6. The molecule has 2 fully saturated rings. The molecule has 2 aliphatic rings. The van der Waals surface area contributed by atoms with Crippen LogP contribution in [0.1, 0.15) is 48.9 Å². The zero-order chi connectivity index (χ0) is 17.9. The van der Waals surface area contributed by atoms with Crippen LogP contribution in [0.4, 0.5) is 0 Å². The topological polar surface area (TPSA) is 65.2 Å². The first-order valence-electron chi connectivity index (χ1n) is 9.49. The molecule has 2 aromatic rings. The predicted molar refractivity (Wildman–Crippen MR) is 105 cm³/mol. The number of nitrogens with one attached hydrogen (secondary N) is 2. The van der Waals surface area contributed by atoms with Gasteiger partial charge in [-0.2, -0.15) is 0 Å². The zero-order valence-electron chi connectivity index (χ0n) is 14.9. The molecule has 2 heterocycles. The Bertz CT molecular complexity index is 795. The van der Waals surface area contributed by atoms with E-state index in [4.69, 9.17) is 0 Å². The summed E-state index contributed by atoms with van der Waals surface area (Å²) in [5.74, 6) is 1.19. The lowest BCUT2D eigenvalue weighted by Crippen LogP contribution is -2.49. The third-order valence-electron chi connectivity index (χ3n) is 5.47. The number of carbonyl (C=O) groups excluding carboxylic acids is 2. The Morgan fingerprint density at radius 2 is 1.88 bits per heavy atom. The second-order valence-corrected chi connectivity index (χ2v) is 8.24. The van der Waals surface area contributed by atoms with E-state index in [1.165, 1.54) is 25.7 Å². The molecular formula is C20H25N3O2S. The summed E-state index contributed by atoms with van der Waals surface area (Å²) >= 11 is 1.65. The smallest absolute Gasteiger partial charge is 0.257 e. The summed E-state index contributed by atoms with van der Waals surface area (Å²) in [5, 5.41) is 4.13. The van der Waals surface area contributed by atoms with Gasteiger partial charge in [-0.1, -0.05) is 43.9 Å². The Labute approximate surface area is 157 Å². The van der Waals surface area contributed by atoms with E-state index >= 15 is 0 Å². The Morgan fingerprint density at radius 1 is 1.12 bits per heavy atom. The standard InChI is InChI=1S/C20H25N3O2S/c24-19(22-14-7-3-1-2-4-8-14)18-12-26-13-23(18)20(25)16-11-21-17-10-6-5-9-15(16)17/h5-6,9-11,14,18,21H,1-4,7-8,12-13H2,(H,22,24)/t18-/m1/s1. The number of amides is 2. The number of fused-ring (bicyclic) bond motifs is 1. The summed E-state index contributed by atoms with van der Waals surface area (Å²) < 4.78 is 0. The maximum Gasteiger partial charge on any atom is 0.257 e. The molecule has 1 saturated heterocycles. The number of carbonyl (C=O) groups is 2. The molecule has 0 spiro atoms. The lowest BCUT2D eigenvalue weighted by atomic mass is 10.1. The van der Waals surface area contributed by atoms with Gasteiger partial charge in [0.25, 0.3) is 5.91 Å². The number of thioether (sulfide) groups is 1. The lowest BCUT2D eigenvalue weighted by Gasteiger charge is -2.25. The van der Waals surface area contributed by atoms with E-state index in [9.17, 15) is 9.59 Å². The largest absolute Gasteiger partial charge is 0.360 e. The van der Waals surface area contributed by atoms with Crippen molar-refractivity contribution < 1.29 is 9.59 Å². The minimum Gasteiger partial charge on any atom is -0.360 e. The average Bonchev–Trinajstić information content (AvgIpc) is 3.24. The maximum absolute atomic E-state index is 13.1. The van der Waals surface area contributed by atoms with Crippen LogP contribution in [0.15, 0.2) is 30.5 Å². The van der Waals surface area contributed by atoms with Crippen molar-refractivity contribution in [1.29, 1.82) is 0 Å². The molecule has 1 aliphatic carbocycles. The molecule has 4 rings (SSSR count). The molecule has 6 heteroatoms. The van der Waals surface area contributed by atoms with Crippen LogP contribution in [0, 0.1) is 0 Å². The van der Waals surface area contributed by atoms with Crippen molar-refractivity contribution in [1.82, 2.24) is 15.2 Å². The van der Waals surface area contributed by atoms with Crippen LogP contribution in [0.3, 0.4) is 0 Å². The van der Waals surface area contributed by atoms with Crippen molar-refractivity contribution in [2.24, 2.45) is 0 Å². The van der Waals surface area contributed by atoms with Gasteiger partial charge in [0.15, 0.2) is 0 Å². The first kappa shape index (κ1) is 17.5. The predicted octanol–water partition coefficient (Wildman–Crippen LogP) is 3.52. The Balaban J connectivity index is 1.48. The summed E-state index contributed by atoms with van der Waals surface area (Å²) in [5.41, 5.74) is 1.59. The number of aromatic amines is 1. The van der Waals surface area contributed by atoms with Gasteiger partial charge in [-0.25, -0.2) is 0 Å². The lowest BCUT2D eigenvalue weighted by molar-refractivity contribution is -0.125. The number of hydrogen-bond acceptors (Lipinski definition) is 3. The zero-order valence-corrected chi connectivity index (χ0v) is 15.7. The normalized spacial score (nSPS) is 21.7. The molecule has 2 amide bonds. The fourth-order valence-electron chi connectivity index (χ4n) is 3.98. The molecule has 0 radical (unpaired) electrons. The molecule has 1 aromatic carbocycles. The van der Waals surface area contributed by atoms with E-state index in [0.29, 0.717) is 17.2 Å². The van der Waals surface area contributed by atoms with Gasteiger partial charge in [0, 0.05) is 28.9 Å². The average molecular weight is 372 g/mol. The Kier molecular flexibility index (Phi) is 5.20. The van der Waals surface area contributed by atoms with Crippen LogP contribution in [-0.2, 0) is 4.79 Å². The van der Waals surface area contributed by atoms with Crippen LogP contribution < -0.4 is 5.32 Å². The van der Waals surface area contributed by atoms with Crippen LogP contribution in [0.2, 0.25) is 0 Å². The molecule has 1 atom stereocenters. The van der Waals surface area contributed by atoms with Crippen molar-refractivity contribution in [2.75, 3.05) is 11.6 Å². The highest BCUT2D eigenvalue weighted by atomic mass is 32.2. The SMILES string of the molecule is O=C(NC1CCCCCC1)[C@H]1CSCN1C(=O)c1c[nH]c2ccccc12. The molecule has 1 aliphatic heterocycles. The molecule has 138 valence electrons. The van der Waals surface area contributed by atoms with Crippen molar-refractivity contribution in [3.05, 3.63) is 36.0 Å². The third-order valence-corrected chi connectivity index (χ3v) is 6.48. The number of benzene rings is 1. The molecule has 0 bridgehead atoms. The summed E-state index contributed by atoms with van der Waals surface area (Å²) in [7, 11) is 0. The molecule has 2 N–H and O–H groups in total. The van der Waals surface area contributed by atoms with Crippen molar-refractivity contribution >= 4 is 34.5 Å². The number of para-hydroxylation sites is 1. The van der Waals surface area contributed by atoms with Crippen molar-refractivity contribution in [3.63, 3.8) is 0 Å². The minimum atomic E-state index is -0.371. The fraction of sp³-hybridized carbons (Fsp3) is 0.500. The molecular weight excluding hydrogens is 346 g/mol. The van der Waals surface area contributed by atoms with Gasteiger partial charge in [-0.15, -0.1) is 11.8 Å². The number of nitrogens with zero attached hydrogens (tertiary/aromatic N) is 1. The highest BCUT2D eigenvalue weighted by Gasteiger charge is 2.36. The van der Waals surface area contributed by atoms with Crippen LogP contribution in [-0.4, -0.2) is 45.4 Å². The highest BCUT2D eigenvalue weighted by molar-refractivity contribution is 7.99. The van der Waals surface area contributed by atoms with E-state index in [0.717, 1.165) is 23.7 Å². The Morgan fingerprint density at radius 3 is 2.69 bits per heavy atom. The Hall–Kier alpha value is -1.95. The van der Waals surface area contributed by atoms with Gasteiger partial charge < -0.3 is 15.2 Å². The van der Waals surface area contributed by atoms with E-state index in [2.05, 4.69) is 10.3 Å². The second-order valence-electron chi connectivity index (χ2n) is 7.24. The van der Waals surface area contributed by atoms with Gasteiger partial charge in [-0.05, 0) is 18.9 Å².